The largest absolute Gasteiger partial charge is 0.242 e. The van der Waals surface area contributed by atoms with Gasteiger partial charge in [0.05, 0.1) is 11.8 Å². The number of halogens is 4. The normalized spacial score (nSPS) is 10.3. The van der Waals surface area contributed by atoms with Crippen LogP contribution in [-0.4, -0.2) is 4.98 Å². The zero-order chi connectivity index (χ0) is 14.0. The Morgan fingerprint density at radius 2 is 1.89 bits per heavy atom. The van der Waals surface area contributed by atoms with E-state index in [-0.39, 0.29) is 22.7 Å². The lowest BCUT2D eigenvalue weighted by atomic mass is 10.0. The van der Waals surface area contributed by atoms with Crippen molar-refractivity contribution in [1.29, 1.82) is 5.26 Å². The lowest BCUT2D eigenvalue weighted by molar-refractivity contribution is 0.505. The molecule has 96 valence electrons. The summed E-state index contributed by atoms with van der Waals surface area (Å²) in [6, 6.07) is 4.93. The third kappa shape index (κ3) is 2.85. The minimum Gasteiger partial charge on any atom is -0.242 e. The van der Waals surface area contributed by atoms with Gasteiger partial charge >= 0.3 is 0 Å². The van der Waals surface area contributed by atoms with Gasteiger partial charge in [0, 0.05) is 6.42 Å². The van der Waals surface area contributed by atoms with Gasteiger partial charge < -0.3 is 0 Å². The number of hydrogen-bond donors (Lipinski definition) is 0. The van der Waals surface area contributed by atoms with Crippen LogP contribution < -0.4 is 0 Å². The van der Waals surface area contributed by atoms with Gasteiger partial charge in [-0.3, -0.25) is 0 Å². The molecule has 0 aliphatic carbocycles. The number of pyridine rings is 1. The van der Waals surface area contributed by atoms with E-state index < -0.39 is 23.0 Å². The van der Waals surface area contributed by atoms with Gasteiger partial charge in [-0.15, -0.1) is 0 Å². The van der Waals surface area contributed by atoms with E-state index >= 15 is 0 Å². The monoisotopic (exact) mass is 282 g/mol. The number of nitriles is 1. The van der Waals surface area contributed by atoms with Crippen LogP contribution in [0.4, 0.5) is 13.2 Å². The van der Waals surface area contributed by atoms with Crippen LogP contribution in [0.5, 0.6) is 0 Å². The SMILES string of the molecule is N#Cc1cc(Cc2cc(Cl)ncc2F)cc(F)c1F. The fourth-order valence-electron chi connectivity index (χ4n) is 1.64. The summed E-state index contributed by atoms with van der Waals surface area (Å²) < 4.78 is 39.9. The summed E-state index contributed by atoms with van der Waals surface area (Å²) in [6.45, 7) is 0. The topological polar surface area (TPSA) is 36.7 Å². The molecule has 0 spiro atoms. The quantitative estimate of drug-likeness (QED) is 0.789. The van der Waals surface area contributed by atoms with E-state index in [0.29, 0.717) is 0 Å². The number of aromatic nitrogens is 1. The maximum absolute atomic E-state index is 13.5. The third-order valence-electron chi connectivity index (χ3n) is 2.50. The Balaban J connectivity index is 2.42. The van der Waals surface area contributed by atoms with Crippen molar-refractivity contribution in [3.05, 3.63) is 63.7 Å². The van der Waals surface area contributed by atoms with Crippen molar-refractivity contribution in [3.63, 3.8) is 0 Å². The molecule has 1 aromatic heterocycles. The second kappa shape index (κ2) is 5.29. The van der Waals surface area contributed by atoms with Crippen LogP contribution in [0.1, 0.15) is 16.7 Å². The fourth-order valence-corrected chi connectivity index (χ4v) is 1.82. The maximum Gasteiger partial charge on any atom is 0.176 e. The fraction of sp³-hybridized carbons (Fsp3) is 0.0769. The van der Waals surface area contributed by atoms with Gasteiger partial charge in [0.1, 0.15) is 17.0 Å². The van der Waals surface area contributed by atoms with Crippen LogP contribution in [0.25, 0.3) is 0 Å². The molecule has 2 nitrogen and oxygen atoms in total. The van der Waals surface area contributed by atoms with Crippen molar-refractivity contribution in [2.24, 2.45) is 0 Å². The molecule has 1 heterocycles. The molecule has 2 rings (SSSR count). The molecular weight excluding hydrogens is 277 g/mol. The van der Waals surface area contributed by atoms with Gasteiger partial charge in [-0.25, -0.2) is 18.2 Å². The Labute approximate surface area is 112 Å². The standard InChI is InChI=1S/C13H6ClF3N2/c14-12-4-8(11(16)6-19-12)1-7-2-9(5-18)13(17)10(15)3-7/h2-4,6H,1H2. The lowest BCUT2D eigenvalue weighted by Crippen LogP contribution is -1.98. The van der Waals surface area contributed by atoms with Crippen molar-refractivity contribution >= 4 is 11.6 Å². The van der Waals surface area contributed by atoms with Crippen LogP contribution >= 0.6 is 11.6 Å². The predicted octanol–water partition coefficient (Wildman–Crippen LogP) is 3.61. The summed E-state index contributed by atoms with van der Waals surface area (Å²) in [5, 5.41) is 8.77. The van der Waals surface area contributed by atoms with Crippen LogP contribution in [0, 0.1) is 28.8 Å². The van der Waals surface area contributed by atoms with E-state index in [9.17, 15) is 13.2 Å². The highest BCUT2D eigenvalue weighted by Gasteiger charge is 2.12. The van der Waals surface area contributed by atoms with Crippen LogP contribution in [0.2, 0.25) is 5.15 Å². The summed E-state index contributed by atoms with van der Waals surface area (Å²) >= 11 is 5.63. The maximum atomic E-state index is 13.5. The summed E-state index contributed by atoms with van der Waals surface area (Å²) in [7, 11) is 0. The molecule has 0 saturated heterocycles. The number of benzene rings is 1. The second-order valence-corrected chi connectivity index (χ2v) is 4.21. The molecule has 0 bridgehead atoms. The Bertz CT molecular complexity index is 680. The van der Waals surface area contributed by atoms with E-state index in [4.69, 9.17) is 16.9 Å². The molecule has 0 amide bonds. The molecule has 0 radical (unpaired) electrons. The predicted molar refractivity (Wildman–Crippen MR) is 63.1 cm³/mol. The minimum absolute atomic E-state index is 0.0139. The zero-order valence-electron chi connectivity index (χ0n) is 9.42. The van der Waals surface area contributed by atoms with Gasteiger partial charge in [-0.2, -0.15) is 5.26 Å². The molecule has 0 unspecified atom stereocenters. The zero-order valence-corrected chi connectivity index (χ0v) is 10.2. The summed E-state index contributed by atoms with van der Waals surface area (Å²) in [5.74, 6) is -2.96. The van der Waals surface area contributed by atoms with Gasteiger partial charge in [0.15, 0.2) is 11.6 Å². The average Bonchev–Trinajstić information content (AvgIpc) is 2.38. The number of nitrogens with zero attached hydrogens (tertiary/aromatic N) is 2. The second-order valence-electron chi connectivity index (χ2n) is 3.83. The molecule has 0 saturated carbocycles. The first-order valence-corrected chi connectivity index (χ1v) is 5.57. The first kappa shape index (κ1) is 13.4. The highest BCUT2D eigenvalue weighted by molar-refractivity contribution is 6.29. The van der Waals surface area contributed by atoms with E-state index in [0.717, 1.165) is 12.3 Å². The van der Waals surface area contributed by atoms with Gasteiger partial charge in [-0.05, 0) is 29.3 Å². The van der Waals surface area contributed by atoms with Gasteiger partial charge in [0.2, 0.25) is 0 Å². The molecule has 19 heavy (non-hydrogen) atoms. The van der Waals surface area contributed by atoms with Gasteiger partial charge in [0.25, 0.3) is 0 Å². The molecule has 0 N–H and O–H groups in total. The Morgan fingerprint density at radius 1 is 1.16 bits per heavy atom. The lowest BCUT2D eigenvalue weighted by Gasteiger charge is -2.05. The number of hydrogen-bond acceptors (Lipinski definition) is 2. The van der Waals surface area contributed by atoms with E-state index in [1.54, 1.807) is 6.07 Å². The molecule has 0 aliphatic rings. The molecule has 1 aromatic carbocycles. The highest BCUT2D eigenvalue weighted by Crippen LogP contribution is 2.20. The summed E-state index contributed by atoms with van der Waals surface area (Å²) in [4.78, 5) is 3.55. The summed E-state index contributed by atoms with van der Waals surface area (Å²) in [6.07, 6.45) is 0.933. The van der Waals surface area contributed by atoms with Crippen LogP contribution in [-0.2, 0) is 6.42 Å². The summed E-state index contributed by atoms with van der Waals surface area (Å²) in [5.41, 5.74) is 0.0436. The molecular formula is C13H6ClF3N2. The van der Waals surface area contributed by atoms with Crippen molar-refractivity contribution < 1.29 is 13.2 Å². The van der Waals surface area contributed by atoms with Crippen LogP contribution in [0.3, 0.4) is 0 Å². The molecule has 6 heteroatoms. The molecule has 0 aliphatic heterocycles. The Kier molecular flexibility index (Phi) is 3.72. The van der Waals surface area contributed by atoms with Crippen LogP contribution in [0.15, 0.2) is 24.4 Å². The Hall–Kier alpha value is -2.06. The van der Waals surface area contributed by atoms with Crippen molar-refractivity contribution in [2.75, 3.05) is 0 Å². The van der Waals surface area contributed by atoms with E-state index in [1.165, 1.54) is 12.1 Å². The first-order chi connectivity index (χ1) is 9.01. The first-order valence-electron chi connectivity index (χ1n) is 5.19. The number of rotatable bonds is 2. The molecule has 0 atom stereocenters. The van der Waals surface area contributed by atoms with Crippen molar-refractivity contribution in [3.8, 4) is 6.07 Å². The average molecular weight is 283 g/mol. The highest BCUT2D eigenvalue weighted by atomic mass is 35.5. The van der Waals surface area contributed by atoms with Crippen molar-refractivity contribution in [2.45, 2.75) is 6.42 Å². The minimum atomic E-state index is -1.21. The smallest absolute Gasteiger partial charge is 0.176 e. The van der Waals surface area contributed by atoms with E-state index in [2.05, 4.69) is 4.98 Å². The third-order valence-corrected chi connectivity index (χ3v) is 2.71. The van der Waals surface area contributed by atoms with Gasteiger partial charge in [-0.1, -0.05) is 11.6 Å². The van der Waals surface area contributed by atoms with Crippen molar-refractivity contribution in [1.82, 2.24) is 4.98 Å². The Morgan fingerprint density at radius 3 is 2.58 bits per heavy atom. The molecule has 2 aromatic rings. The molecule has 0 fully saturated rings. The van der Waals surface area contributed by atoms with E-state index in [1.807, 2.05) is 0 Å².